The van der Waals surface area contributed by atoms with E-state index in [-0.39, 0.29) is 0 Å². The number of aromatic nitrogens is 2. The smallest absolute Gasteiger partial charge is 0.161 e. The van der Waals surface area contributed by atoms with Gasteiger partial charge in [-0.15, -0.1) is 0 Å². The standard InChI is InChI=1S/C11H10N4/c1-8-4-5-14-11(10(8)13)15-6-2-3-9(15)7-12/h2-6H,13H2,1H3. The van der Waals surface area contributed by atoms with Crippen molar-refractivity contribution in [1.82, 2.24) is 9.55 Å². The highest BCUT2D eigenvalue weighted by Gasteiger charge is 2.08. The fraction of sp³-hybridized carbons (Fsp3) is 0.0909. The highest BCUT2D eigenvalue weighted by molar-refractivity contribution is 5.59. The molecule has 0 aliphatic carbocycles. The summed E-state index contributed by atoms with van der Waals surface area (Å²) >= 11 is 0. The molecule has 2 N–H and O–H groups in total. The van der Waals surface area contributed by atoms with Crippen molar-refractivity contribution in [3.05, 3.63) is 41.9 Å². The molecule has 74 valence electrons. The third-order valence-corrected chi connectivity index (χ3v) is 2.28. The Bertz CT molecular complexity index is 534. The van der Waals surface area contributed by atoms with Crippen LogP contribution in [-0.4, -0.2) is 9.55 Å². The van der Waals surface area contributed by atoms with Crippen LogP contribution in [0.25, 0.3) is 5.82 Å². The lowest BCUT2D eigenvalue weighted by Gasteiger charge is -2.08. The van der Waals surface area contributed by atoms with Gasteiger partial charge < -0.3 is 5.73 Å². The van der Waals surface area contributed by atoms with Gasteiger partial charge in [0, 0.05) is 12.4 Å². The van der Waals surface area contributed by atoms with E-state index in [0.29, 0.717) is 17.2 Å². The molecule has 2 heterocycles. The lowest BCUT2D eigenvalue weighted by molar-refractivity contribution is 0.988. The number of nitriles is 1. The summed E-state index contributed by atoms with van der Waals surface area (Å²) in [5.41, 5.74) is 7.99. The number of aryl methyl sites for hydroxylation is 1. The fourth-order valence-electron chi connectivity index (χ4n) is 1.40. The predicted molar refractivity (Wildman–Crippen MR) is 57.4 cm³/mol. The first kappa shape index (κ1) is 9.28. The minimum absolute atomic E-state index is 0.528. The zero-order valence-corrected chi connectivity index (χ0v) is 8.31. The van der Waals surface area contributed by atoms with Crippen molar-refractivity contribution >= 4 is 5.69 Å². The van der Waals surface area contributed by atoms with Gasteiger partial charge in [-0.2, -0.15) is 5.26 Å². The normalized spacial score (nSPS) is 9.87. The first-order valence-electron chi connectivity index (χ1n) is 4.53. The number of hydrogen-bond donors (Lipinski definition) is 1. The Hall–Kier alpha value is -2.28. The van der Waals surface area contributed by atoms with Crippen molar-refractivity contribution in [2.24, 2.45) is 0 Å². The first-order valence-corrected chi connectivity index (χ1v) is 4.53. The van der Waals surface area contributed by atoms with Crippen LogP contribution in [0.1, 0.15) is 11.3 Å². The molecule has 0 spiro atoms. The molecule has 0 fully saturated rings. The number of hydrogen-bond acceptors (Lipinski definition) is 3. The summed E-state index contributed by atoms with van der Waals surface area (Å²) < 4.78 is 1.68. The molecule has 15 heavy (non-hydrogen) atoms. The molecule has 0 aromatic carbocycles. The number of nitrogens with zero attached hydrogens (tertiary/aromatic N) is 3. The summed E-state index contributed by atoms with van der Waals surface area (Å²) in [6, 6.07) is 7.45. The van der Waals surface area contributed by atoms with Crippen molar-refractivity contribution < 1.29 is 0 Å². The minimum Gasteiger partial charge on any atom is -0.395 e. The van der Waals surface area contributed by atoms with Gasteiger partial charge in [0.2, 0.25) is 0 Å². The van der Waals surface area contributed by atoms with Gasteiger partial charge in [-0.05, 0) is 30.7 Å². The molecule has 0 radical (unpaired) electrons. The van der Waals surface area contributed by atoms with E-state index in [2.05, 4.69) is 11.1 Å². The highest BCUT2D eigenvalue weighted by Crippen LogP contribution is 2.19. The van der Waals surface area contributed by atoms with Gasteiger partial charge in [-0.1, -0.05) is 0 Å². The summed E-state index contributed by atoms with van der Waals surface area (Å²) in [7, 11) is 0. The van der Waals surface area contributed by atoms with Gasteiger partial charge in [0.15, 0.2) is 5.82 Å². The van der Waals surface area contributed by atoms with Gasteiger partial charge >= 0.3 is 0 Å². The van der Waals surface area contributed by atoms with Crippen LogP contribution in [0.5, 0.6) is 0 Å². The van der Waals surface area contributed by atoms with Crippen LogP contribution in [0.4, 0.5) is 5.69 Å². The Morgan fingerprint density at radius 3 is 3.00 bits per heavy atom. The largest absolute Gasteiger partial charge is 0.395 e. The van der Waals surface area contributed by atoms with Gasteiger partial charge in [0.25, 0.3) is 0 Å². The molecule has 0 saturated carbocycles. The van der Waals surface area contributed by atoms with Crippen LogP contribution < -0.4 is 5.73 Å². The molecule has 2 aromatic rings. The van der Waals surface area contributed by atoms with Crippen molar-refractivity contribution in [3.63, 3.8) is 0 Å². The van der Waals surface area contributed by atoms with E-state index in [1.807, 2.05) is 13.0 Å². The van der Waals surface area contributed by atoms with E-state index in [1.165, 1.54) is 0 Å². The molecule has 0 unspecified atom stereocenters. The summed E-state index contributed by atoms with van der Waals surface area (Å²) in [4.78, 5) is 4.18. The second-order valence-electron chi connectivity index (χ2n) is 3.24. The Labute approximate surface area is 87.6 Å². The summed E-state index contributed by atoms with van der Waals surface area (Å²) in [6.07, 6.45) is 3.46. The SMILES string of the molecule is Cc1ccnc(-n2cccc2C#N)c1N. The molecule has 4 heteroatoms. The zero-order valence-electron chi connectivity index (χ0n) is 8.31. The van der Waals surface area contributed by atoms with Crippen LogP contribution in [0, 0.1) is 18.3 Å². The molecule has 2 aromatic heterocycles. The number of anilines is 1. The summed E-state index contributed by atoms with van der Waals surface area (Å²) in [6.45, 7) is 1.91. The van der Waals surface area contributed by atoms with Gasteiger partial charge in [0.05, 0.1) is 5.69 Å². The van der Waals surface area contributed by atoms with Crippen molar-refractivity contribution in [3.8, 4) is 11.9 Å². The lowest BCUT2D eigenvalue weighted by Crippen LogP contribution is -2.04. The van der Waals surface area contributed by atoms with E-state index in [1.54, 1.807) is 29.1 Å². The van der Waals surface area contributed by atoms with Crippen molar-refractivity contribution in [2.75, 3.05) is 5.73 Å². The number of nitrogens with two attached hydrogens (primary N) is 1. The second kappa shape index (κ2) is 3.46. The van der Waals surface area contributed by atoms with Gasteiger partial charge in [-0.3, -0.25) is 4.57 Å². The minimum atomic E-state index is 0.528. The maximum atomic E-state index is 8.89. The Morgan fingerprint density at radius 1 is 1.47 bits per heavy atom. The van der Waals surface area contributed by atoms with Crippen LogP contribution in [0.15, 0.2) is 30.6 Å². The van der Waals surface area contributed by atoms with E-state index in [0.717, 1.165) is 5.56 Å². The van der Waals surface area contributed by atoms with Crippen molar-refractivity contribution in [1.29, 1.82) is 5.26 Å². The molecule has 0 atom stereocenters. The third-order valence-electron chi connectivity index (χ3n) is 2.28. The number of rotatable bonds is 1. The maximum Gasteiger partial charge on any atom is 0.161 e. The molecule has 0 bridgehead atoms. The third kappa shape index (κ3) is 1.44. The molecule has 0 amide bonds. The van der Waals surface area contributed by atoms with E-state index in [9.17, 15) is 0 Å². The maximum absolute atomic E-state index is 8.89. The number of pyridine rings is 1. The Kier molecular flexibility index (Phi) is 2.14. The second-order valence-corrected chi connectivity index (χ2v) is 3.24. The first-order chi connectivity index (χ1) is 7.24. The highest BCUT2D eigenvalue weighted by atomic mass is 15.1. The average molecular weight is 198 g/mol. The Morgan fingerprint density at radius 2 is 2.27 bits per heavy atom. The fourth-order valence-corrected chi connectivity index (χ4v) is 1.40. The zero-order chi connectivity index (χ0) is 10.8. The number of nitrogen functional groups attached to an aromatic ring is 1. The van der Waals surface area contributed by atoms with Crippen LogP contribution in [-0.2, 0) is 0 Å². The average Bonchev–Trinajstić information content (AvgIpc) is 2.70. The molecular weight excluding hydrogens is 188 g/mol. The lowest BCUT2D eigenvalue weighted by atomic mass is 10.2. The molecule has 0 aliphatic rings. The quantitative estimate of drug-likeness (QED) is 0.757. The molecule has 0 saturated heterocycles. The molecular formula is C11H10N4. The topological polar surface area (TPSA) is 67.6 Å². The van der Waals surface area contributed by atoms with Crippen LogP contribution >= 0.6 is 0 Å². The van der Waals surface area contributed by atoms with Crippen molar-refractivity contribution in [2.45, 2.75) is 6.92 Å². The monoisotopic (exact) mass is 198 g/mol. The predicted octanol–water partition coefficient (Wildman–Crippen LogP) is 1.63. The van der Waals surface area contributed by atoms with Gasteiger partial charge in [0.1, 0.15) is 11.8 Å². The van der Waals surface area contributed by atoms with E-state index in [4.69, 9.17) is 11.0 Å². The van der Waals surface area contributed by atoms with Gasteiger partial charge in [-0.25, -0.2) is 4.98 Å². The van der Waals surface area contributed by atoms with E-state index >= 15 is 0 Å². The summed E-state index contributed by atoms with van der Waals surface area (Å²) in [5, 5.41) is 8.89. The molecule has 4 nitrogen and oxygen atoms in total. The van der Waals surface area contributed by atoms with Crippen LogP contribution in [0.2, 0.25) is 0 Å². The summed E-state index contributed by atoms with van der Waals surface area (Å²) in [5.74, 6) is 0.608. The molecule has 0 aliphatic heterocycles. The van der Waals surface area contributed by atoms with Crippen LogP contribution in [0.3, 0.4) is 0 Å². The Balaban J connectivity index is 2.65. The van der Waals surface area contributed by atoms with E-state index < -0.39 is 0 Å². The molecule has 2 rings (SSSR count).